The highest BCUT2D eigenvalue weighted by Crippen LogP contribution is 2.43. The average Bonchev–Trinajstić information content (AvgIpc) is 3.36. The van der Waals surface area contributed by atoms with E-state index in [0.717, 1.165) is 6.42 Å². The van der Waals surface area contributed by atoms with Crippen molar-refractivity contribution in [2.45, 2.75) is 24.0 Å². The molecule has 2 aliphatic rings. The largest absolute Gasteiger partial charge is 0.377 e. The summed E-state index contributed by atoms with van der Waals surface area (Å²) in [7, 11) is 1.69. The molecule has 2 aliphatic heterocycles. The van der Waals surface area contributed by atoms with Crippen molar-refractivity contribution < 1.29 is 14.3 Å². The Hall–Kier alpha value is -2.18. The molecule has 0 radical (unpaired) electrons. The molecule has 1 spiro atoms. The summed E-state index contributed by atoms with van der Waals surface area (Å²) in [5, 5.41) is 6.60. The third-order valence-electron chi connectivity index (χ3n) is 5.17. The molecule has 1 N–H and O–H groups in total. The van der Waals surface area contributed by atoms with Crippen LogP contribution in [-0.2, 0) is 9.47 Å². The van der Waals surface area contributed by atoms with Gasteiger partial charge in [-0.05, 0) is 18.1 Å². The van der Waals surface area contributed by atoms with Crippen LogP contribution in [0.25, 0.3) is 0 Å². The maximum absolute atomic E-state index is 12.6. The van der Waals surface area contributed by atoms with Gasteiger partial charge in [-0.3, -0.25) is 9.89 Å². The third-order valence-corrected chi connectivity index (χ3v) is 5.17. The van der Waals surface area contributed by atoms with Crippen LogP contribution in [0.15, 0.2) is 42.6 Å². The third kappa shape index (κ3) is 2.52. The Morgan fingerprint density at radius 1 is 1.38 bits per heavy atom. The second kappa shape index (κ2) is 6.03. The summed E-state index contributed by atoms with van der Waals surface area (Å²) in [6.07, 6.45) is 2.34. The number of hydrogen-bond acceptors (Lipinski definition) is 4. The van der Waals surface area contributed by atoms with E-state index in [9.17, 15) is 4.79 Å². The summed E-state index contributed by atoms with van der Waals surface area (Å²) in [4.78, 5) is 14.4. The van der Waals surface area contributed by atoms with E-state index in [1.807, 2.05) is 6.07 Å². The van der Waals surface area contributed by atoms with Crippen LogP contribution in [0.4, 0.5) is 0 Å². The highest BCUT2D eigenvalue weighted by atomic mass is 16.6. The Balaban J connectivity index is 1.53. The maximum Gasteiger partial charge on any atom is 0.272 e. The number of carbonyl (C=O) groups excluding carboxylic acids is 1. The molecule has 2 aromatic rings. The minimum atomic E-state index is -0.426. The number of hydrogen-bond donors (Lipinski definition) is 1. The fraction of sp³-hybridized carbons (Fsp3) is 0.444. The van der Waals surface area contributed by atoms with Gasteiger partial charge < -0.3 is 14.4 Å². The zero-order chi connectivity index (χ0) is 16.6. The Morgan fingerprint density at radius 3 is 2.92 bits per heavy atom. The number of aromatic amines is 1. The van der Waals surface area contributed by atoms with Gasteiger partial charge in [-0.15, -0.1) is 0 Å². The van der Waals surface area contributed by atoms with E-state index < -0.39 is 5.60 Å². The molecule has 3 atom stereocenters. The standard InChI is InChI=1S/C18H21N3O3/c1-23-16-10-21(17(22)15-7-8-19-20-15)12-18(16)9-14(11-24-18)13-5-3-2-4-6-13/h2-8,14,16H,9-12H2,1H3,(H,19,20)/t14-,16+,18+/m0/s1. The van der Waals surface area contributed by atoms with Gasteiger partial charge >= 0.3 is 0 Å². The average molecular weight is 327 g/mol. The molecule has 0 aliphatic carbocycles. The minimum absolute atomic E-state index is 0.0572. The normalized spacial score (nSPS) is 29.5. The lowest BCUT2D eigenvalue weighted by molar-refractivity contribution is -0.0755. The number of benzene rings is 1. The molecule has 24 heavy (non-hydrogen) atoms. The molecule has 2 saturated heterocycles. The van der Waals surface area contributed by atoms with Crippen molar-refractivity contribution in [2.75, 3.05) is 26.8 Å². The number of rotatable bonds is 3. The van der Waals surface area contributed by atoms with E-state index in [2.05, 4.69) is 34.5 Å². The van der Waals surface area contributed by atoms with Gasteiger partial charge in [-0.2, -0.15) is 5.10 Å². The van der Waals surface area contributed by atoms with Gasteiger partial charge in [0.15, 0.2) is 0 Å². The highest BCUT2D eigenvalue weighted by molar-refractivity contribution is 5.92. The van der Waals surface area contributed by atoms with Gasteiger partial charge in [-0.1, -0.05) is 30.3 Å². The number of H-pyrrole nitrogens is 1. The molecule has 3 heterocycles. The summed E-state index contributed by atoms with van der Waals surface area (Å²) >= 11 is 0. The van der Waals surface area contributed by atoms with Crippen molar-refractivity contribution in [3.63, 3.8) is 0 Å². The van der Waals surface area contributed by atoms with Crippen LogP contribution in [0.1, 0.15) is 28.4 Å². The second-order valence-electron chi connectivity index (χ2n) is 6.57. The fourth-order valence-electron chi connectivity index (χ4n) is 3.92. The number of nitrogens with zero attached hydrogens (tertiary/aromatic N) is 2. The van der Waals surface area contributed by atoms with E-state index in [4.69, 9.17) is 9.47 Å². The smallest absolute Gasteiger partial charge is 0.272 e. The Morgan fingerprint density at radius 2 is 2.21 bits per heavy atom. The van der Waals surface area contributed by atoms with Crippen molar-refractivity contribution in [3.8, 4) is 0 Å². The molecule has 6 nitrogen and oxygen atoms in total. The summed E-state index contributed by atoms with van der Waals surface area (Å²) in [6.45, 7) is 1.75. The molecule has 0 bridgehead atoms. The van der Waals surface area contributed by atoms with Crippen LogP contribution in [0.2, 0.25) is 0 Å². The summed E-state index contributed by atoms with van der Waals surface area (Å²) in [5.41, 5.74) is 1.35. The van der Waals surface area contributed by atoms with Crippen LogP contribution in [-0.4, -0.2) is 59.5 Å². The van der Waals surface area contributed by atoms with E-state index in [-0.39, 0.29) is 12.0 Å². The van der Waals surface area contributed by atoms with Crippen LogP contribution < -0.4 is 0 Å². The number of likely N-dealkylation sites (tertiary alicyclic amines) is 1. The van der Waals surface area contributed by atoms with Gasteiger partial charge in [0.25, 0.3) is 5.91 Å². The molecule has 2 fully saturated rings. The van der Waals surface area contributed by atoms with Crippen molar-refractivity contribution in [1.29, 1.82) is 0 Å². The predicted octanol–water partition coefficient (Wildman–Crippen LogP) is 1.82. The molecule has 0 unspecified atom stereocenters. The molecule has 1 amide bonds. The van der Waals surface area contributed by atoms with E-state index in [0.29, 0.717) is 31.3 Å². The molecule has 4 rings (SSSR count). The van der Waals surface area contributed by atoms with Gasteiger partial charge in [0.2, 0.25) is 0 Å². The van der Waals surface area contributed by atoms with E-state index in [1.165, 1.54) is 5.56 Å². The molecule has 126 valence electrons. The quantitative estimate of drug-likeness (QED) is 0.934. The minimum Gasteiger partial charge on any atom is -0.377 e. The molecule has 0 saturated carbocycles. The maximum atomic E-state index is 12.6. The number of amides is 1. The van der Waals surface area contributed by atoms with Crippen molar-refractivity contribution in [1.82, 2.24) is 15.1 Å². The fourth-order valence-corrected chi connectivity index (χ4v) is 3.92. The Bertz CT molecular complexity index is 704. The molecule has 1 aromatic heterocycles. The highest BCUT2D eigenvalue weighted by Gasteiger charge is 2.54. The topological polar surface area (TPSA) is 67.5 Å². The Labute approximate surface area is 140 Å². The summed E-state index contributed by atoms with van der Waals surface area (Å²) in [6, 6.07) is 12.1. The number of carbonyl (C=O) groups is 1. The SMILES string of the molecule is CO[C@@H]1CN(C(=O)c2ccn[nH]2)C[C@]12C[C@H](c1ccccc1)CO2. The first kappa shape index (κ1) is 15.4. The van der Waals surface area contributed by atoms with Gasteiger partial charge in [0.1, 0.15) is 17.4 Å². The van der Waals surface area contributed by atoms with Crippen LogP contribution >= 0.6 is 0 Å². The molecule has 1 aromatic carbocycles. The lowest BCUT2D eigenvalue weighted by Gasteiger charge is -2.28. The summed E-state index contributed by atoms with van der Waals surface area (Å²) in [5.74, 6) is 0.282. The summed E-state index contributed by atoms with van der Waals surface area (Å²) < 4.78 is 11.9. The van der Waals surface area contributed by atoms with E-state index >= 15 is 0 Å². The zero-order valence-corrected chi connectivity index (χ0v) is 13.6. The van der Waals surface area contributed by atoms with Crippen molar-refractivity contribution in [2.24, 2.45) is 0 Å². The second-order valence-corrected chi connectivity index (χ2v) is 6.57. The number of aromatic nitrogens is 2. The molecular weight excluding hydrogens is 306 g/mol. The first-order valence-electron chi connectivity index (χ1n) is 8.22. The Kier molecular flexibility index (Phi) is 3.86. The number of nitrogens with one attached hydrogen (secondary N) is 1. The lowest BCUT2D eigenvalue weighted by Crippen LogP contribution is -2.42. The first-order chi connectivity index (χ1) is 11.7. The van der Waals surface area contributed by atoms with Gasteiger partial charge in [0.05, 0.1) is 19.7 Å². The number of ether oxygens (including phenoxy) is 2. The van der Waals surface area contributed by atoms with Crippen molar-refractivity contribution in [3.05, 3.63) is 53.9 Å². The van der Waals surface area contributed by atoms with Gasteiger partial charge in [0, 0.05) is 19.2 Å². The zero-order valence-electron chi connectivity index (χ0n) is 13.6. The predicted molar refractivity (Wildman–Crippen MR) is 87.8 cm³/mol. The number of methoxy groups -OCH3 is 1. The van der Waals surface area contributed by atoms with Crippen LogP contribution in [0.5, 0.6) is 0 Å². The molecule has 6 heteroatoms. The monoisotopic (exact) mass is 327 g/mol. The van der Waals surface area contributed by atoms with E-state index in [1.54, 1.807) is 24.3 Å². The lowest BCUT2D eigenvalue weighted by atomic mass is 9.87. The first-order valence-corrected chi connectivity index (χ1v) is 8.22. The van der Waals surface area contributed by atoms with Gasteiger partial charge in [-0.25, -0.2) is 0 Å². The van der Waals surface area contributed by atoms with Crippen molar-refractivity contribution >= 4 is 5.91 Å². The molecular formula is C18H21N3O3. The van der Waals surface area contributed by atoms with Crippen LogP contribution in [0.3, 0.4) is 0 Å². The van der Waals surface area contributed by atoms with Crippen LogP contribution in [0, 0.1) is 0 Å².